The molecule has 1 saturated heterocycles. The highest BCUT2D eigenvalue weighted by Gasteiger charge is 2.40. The minimum Gasteiger partial charge on any atom is -0.444 e. The first-order valence-corrected chi connectivity index (χ1v) is 10.7. The van der Waals surface area contributed by atoms with E-state index in [0.29, 0.717) is 37.4 Å². The maximum atomic E-state index is 12.6. The van der Waals surface area contributed by atoms with Crippen molar-refractivity contribution in [2.24, 2.45) is 17.8 Å². The van der Waals surface area contributed by atoms with Crippen molar-refractivity contribution in [3.8, 4) is 0 Å². The van der Waals surface area contributed by atoms with Gasteiger partial charge >= 0.3 is 12.1 Å². The zero-order chi connectivity index (χ0) is 20.6. The summed E-state index contributed by atoms with van der Waals surface area (Å²) < 4.78 is 5.54. The van der Waals surface area contributed by atoms with Gasteiger partial charge in [-0.2, -0.15) is 0 Å². The number of nitrogens with zero attached hydrogens (tertiary/aromatic N) is 3. The molecule has 0 radical (unpaired) electrons. The van der Waals surface area contributed by atoms with Crippen LogP contribution in [0.2, 0.25) is 0 Å². The molecule has 3 amide bonds. The molecule has 1 saturated carbocycles. The minimum absolute atomic E-state index is 0.00475. The van der Waals surface area contributed by atoms with E-state index in [1.807, 2.05) is 42.8 Å². The summed E-state index contributed by atoms with van der Waals surface area (Å²) in [6, 6.07) is 1.99. The van der Waals surface area contributed by atoms with Gasteiger partial charge in [0.05, 0.1) is 0 Å². The molecule has 4 rings (SSSR count). The number of aromatic nitrogens is 1. The van der Waals surface area contributed by atoms with Crippen LogP contribution in [-0.2, 0) is 17.8 Å². The van der Waals surface area contributed by atoms with Gasteiger partial charge in [0.1, 0.15) is 5.60 Å². The fraction of sp³-hybridized carbons (Fsp3) is 0.682. The summed E-state index contributed by atoms with van der Waals surface area (Å²) in [5.41, 5.74) is 1.86. The Bertz CT molecular complexity index is 751. The zero-order valence-corrected chi connectivity index (χ0v) is 17.7. The number of fused-ring (bicyclic) bond motifs is 2. The molecule has 0 spiro atoms. The molecule has 2 fully saturated rings. The summed E-state index contributed by atoms with van der Waals surface area (Å²) >= 11 is 0. The number of rotatable bonds is 2. The van der Waals surface area contributed by atoms with Crippen LogP contribution in [0.4, 0.5) is 9.59 Å². The minimum atomic E-state index is -0.455. The summed E-state index contributed by atoms with van der Waals surface area (Å²) in [4.78, 5) is 32.8. The number of nitrogens with one attached hydrogen (secondary N) is 1. The first-order chi connectivity index (χ1) is 13.8. The van der Waals surface area contributed by atoms with Crippen molar-refractivity contribution in [3.63, 3.8) is 0 Å². The molecule has 7 nitrogen and oxygen atoms in total. The SMILES string of the molecule is CC(C)(C)OC(=O)N1CC2CCC(CNC(=O)N3Cc4ccncc4C3)CC2C1. The number of urea groups is 1. The first-order valence-electron chi connectivity index (χ1n) is 10.7. The molecule has 3 unspecified atom stereocenters. The summed E-state index contributed by atoms with van der Waals surface area (Å²) in [5, 5.41) is 3.14. The Morgan fingerprint density at radius 2 is 1.90 bits per heavy atom. The van der Waals surface area contributed by atoms with Crippen molar-refractivity contribution < 1.29 is 14.3 Å². The van der Waals surface area contributed by atoms with Crippen molar-refractivity contribution in [1.82, 2.24) is 20.1 Å². The molecule has 3 aliphatic rings. The van der Waals surface area contributed by atoms with Crippen molar-refractivity contribution in [2.75, 3.05) is 19.6 Å². The molecular formula is C22H32N4O3. The maximum absolute atomic E-state index is 12.6. The maximum Gasteiger partial charge on any atom is 0.410 e. The molecule has 3 atom stereocenters. The van der Waals surface area contributed by atoms with Crippen molar-refractivity contribution in [3.05, 3.63) is 29.6 Å². The third-order valence-corrected chi connectivity index (χ3v) is 6.37. The van der Waals surface area contributed by atoms with Gasteiger partial charge in [0.15, 0.2) is 0 Å². The standard InChI is InChI=1S/C22H32N4O3/c1-22(2,3)29-21(28)26-12-16-5-4-15(8-18(16)13-26)9-24-20(27)25-11-17-6-7-23-10-19(17)14-25/h6-7,10,15-16,18H,4-5,8-9,11-14H2,1-3H3,(H,24,27). The van der Waals surface area contributed by atoms with Crippen molar-refractivity contribution >= 4 is 12.1 Å². The van der Waals surface area contributed by atoms with Gasteiger partial charge in [0.25, 0.3) is 0 Å². The van der Waals surface area contributed by atoms with Crippen molar-refractivity contribution in [2.45, 2.75) is 58.7 Å². The molecule has 2 aliphatic heterocycles. The number of likely N-dealkylation sites (tertiary alicyclic amines) is 1. The van der Waals surface area contributed by atoms with Crippen LogP contribution in [-0.4, -0.2) is 52.1 Å². The van der Waals surface area contributed by atoms with Crippen LogP contribution in [0.5, 0.6) is 0 Å². The Morgan fingerprint density at radius 3 is 2.66 bits per heavy atom. The van der Waals surface area contributed by atoms with Crippen LogP contribution in [0.15, 0.2) is 18.5 Å². The summed E-state index contributed by atoms with van der Waals surface area (Å²) in [6.45, 7) is 9.29. The highest BCUT2D eigenvalue weighted by atomic mass is 16.6. The molecule has 29 heavy (non-hydrogen) atoms. The third kappa shape index (κ3) is 4.65. The summed E-state index contributed by atoms with van der Waals surface area (Å²) in [5.74, 6) is 1.56. The van der Waals surface area contributed by atoms with E-state index >= 15 is 0 Å². The topological polar surface area (TPSA) is 74.8 Å². The first kappa shape index (κ1) is 20.0. The number of ether oxygens (including phenoxy) is 1. The van der Waals surface area contributed by atoms with E-state index < -0.39 is 5.60 Å². The quantitative estimate of drug-likeness (QED) is 0.826. The number of hydrogen-bond acceptors (Lipinski definition) is 4. The predicted molar refractivity (Wildman–Crippen MR) is 109 cm³/mol. The van der Waals surface area contributed by atoms with Gasteiger partial charge in [-0.15, -0.1) is 0 Å². The fourth-order valence-corrected chi connectivity index (χ4v) is 4.90. The second-order valence-electron chi connectivity index (χ2n) is 9.77. The lowest BCUT2D eigenvalue weighted by atomic mass is 9.76. The Balaban J connectivity index is 1.23. The number of carbonyl (C=O) groups is 2. The number of amides is 3. The largest absolute Gasteiger partial charge is 0.444 e. The molecule has 1 N–H and O–H groups in total. The van der Waals surface area contributed by atoms with E-state index in [2.05, 4.69) is 10.3 Å². The second-order valence-corrected chi connectivity index (χ2v) is 9.77. The average Bonchev–Trinajstić information content (AvgIpc) is 3.28. The van der Waals surface area contributed by atoms with Crippen LogP contribution in [0, 0.1) is 17.8 Å². The van der Waals surface area contributed by atoms with Gasteiger partial charge in [-0.1, -0.05) is 0 Å². The molecular weight excluding hydrogens is 368 g/mol. The lowest BCUT2D eigenvalue weighted by molar-refractivity contribution is 0.0284. The normalized spacial score (nSPS) is 26.1. The van der Waals surface area contributed by atoms with Gasteiger partial charge in [0.2, 0.25) is 0 Å². The Morgan fingerprint density at radius 1 is 1.14 bits per heavy atom. The number of carbonyl (C=O) groups excluding carboxylic acids is 2. The molecule has 0 aromatic carbocycles. The molecule has 1 aromatic heterocycles. The number of hydrogen-bond donors (Lipinski definition) is 1. The highest BCUT2D eigenvalue weighted by molar-refractivity contribution is 5.75. The molecule has 158 valence electrons. The molecule has 0 bridgehead atoms. The fourth-order valence-electron chi connectivity index (χ4n) is 4.90. The van der Waals surface area contributed by atoms with Gasteiger partial charge < -0.3 is 19.9 Å². The Kier molecular flexibility index (Phi) is 5.40. The van der Waals surface area contributed by atoms with Crippen LogP contribution < -0.4 is 5.32 Å². The van der Waals surface area contributed by atoms with Crippen LogP contribution in [0.1, 0.15) is 51.2 Å². The van der Waals surface area contributed by atoms with E-state index in [9.17, 15) is 9.59 Å². The predicted octanol–water partition coefficient (Wildman–Crippen LogP) is 3.39. The molecule has 1 aliphatic carbocycles. The molecule has 1 aromatic rings. The van der Waals surface area contributed by atoms with Crippen LogP contribution >= 0.6 is 0 Å². The van der Waals surface area contributed by atoms with E-state index in [4.69, 9.17) is 4.74 Å². The van der Waals surface area contributed by atoms with Gasteiger partial charge in [-0.25, -0.2) is 9.59 Å². The monoisotopic (exact) mass is 400 g/mol. The van der Waals surface area contributed by atoms with Gasteiger partial charge in [-0.3, -0.25) is 4.98 Å². The van der Waals surface area contributed by atoms with Gasteiger partial charge in [-0.05, 0) is 75.0 Å². The smallest absolute Gasteiger partial charge is 0.410 e. The highest BCUT2D eigenvalue weighted by Crippen LogP contribution is 2.39. The van der Waals surface area contributed by atoms with Crippen LogP contribution in [0.3, 0.4) is 0 Å². The summed E-state index contributed by atoms with van der Waals surface area (Å²) in [7, 11) is 0. The lowest BCUT2D eigenvalue weighted by Crippen LogP contribution is -2.40. The Hall–Kier alpha value is -2.31. The van der Waals surface area contributed by atoms with E-state index in [0.717, 1.165) is 37.9 Å². The second kappa shape index (κ2) is 7.84. The van der Waals surface area contributed by atoms with E-state index in [-0.39, 0.29) is 12.1 Å². The zero-order valence-electron chi connectivity index (χ0n) is 17.7. The van der Waals surface area contributed by atoms with Gasteiger partial charge in [0, 0.05) is 45.1 Å². The molecule has 7 heteroatoms. The van der Waals surface area contributed by atoms with E-state index in [1.165, 1.54) is 5.56 Å². The summed E-state index contributed by atoms with van der Waals surface area (Å²) in [6.07, 6.45) is 6.72. The third-order valence-electron chi connectivity index (χ3n) is 6.37. The van der Waals surface area contributed by atoms with Crippen LogP contribution in [0.25, 0.3) is 0 Å². The van der Waals surface area contributed by atoms with Crippen molar-refractivity contribution in [1.29, 1.82) is 0 Å². The Labute approximate surface area is 172 Å². The molecule has 3 heterocycles. The van der Waals surface area contributed by atoms with E-state index in [1.54, 1.807) is 6.20 Å². The average molecular weight is 401 g/mol. The lowest BCUT2D eigenvalue weighted by Gasteiger charge is -2.31. The number of pyridine rings is 1.